The molecule has 0 saturated heterocycles. The van der Waals surface area contributed by atoms with E-state index >= 15 is 0 Å². The van der Waals surface area contributed by atoms with Gasteiger partial charge in [-0.2, -0.15) is 0 Å². The van der Waals surface area contributed by atoms with Crippen LogP contribution in [0, 0.1) is 0 Å². The van der Waals surface area contributed by atoms with E-state index in [9.17, 15) is 0 Å². The number of fused-ring (bicyclic) bond motifs is 9. The van der Waals surface area contributed by atoms with Gasteiger partial charge in [-0.25, -0.2) is 0 Å². The zero-order valence-corrected chi connectivity index (χ0v) is 38.8. The largest absolute Gasteiger partial charge is 0.455 e. The van der Waals surface area contributed by atoms with Crippen LogP contribution in [0.1, 0.15) is 22.3 Å². The molecule has 0 amide bonds. The fourth-order valence-electron chi connectivity index (χ4n) is 11.9. The van der Waals surface area contributed by atoms with Crippen molar-refractivity contribution in [2.24, 2.45) is 0 Å². The second-order valence-corrected chi connectivity index (χ2v) is 18.7. The Morgan fingerprint density at radius 1 is 0.296 bits per heavy atom. The summed E-state index contributed by atoms with van der Waals surface area (Å²) in [5, 5.41) is 7.05. The molecule has 0 fully saturated rings. The fraction of sp³-hybridized carbons (Fsp3) is 0.0145. The van der Waals surface area contributed by atoms with E-state index in [2.05, 4.69) is 272 Å². The zero-order valence-electron chi connectivity index (χ0n) is 38.8. The Morgan fingerprint density at radius 3 is 1.51 bits per heavy atom. The van der Waals surface area contributed by atoms with Gasteiger partial charge < -0.3 is 9.32 Å². The molecule has 1 heterocycles. The number of nitrogens with zero attached hydrogens (tertiary/aromatic N) is 1. The summed E-state index contributed by atoms with van der Waals surface area (Å²) in [6, 6.07) is 100.0. The molecule has 0 bridgehead atoms. The minimum atomic E-state index is -0.515. The van der Waals surface area contributed by atoms with Crippen molar-refractivity contribution in [1.29, 1.82) is 0 Å². The molecule has 13 aromatic rings. The lowest BCUT2D eigenvalue weighted by Crippen LogP contribution is -2.28. The lowest BCUT2D eigenvalue weighted by atomic mass is 9.68. The highest BCUT2D eigenvalue weighted by atomic mass is 16.3. The second-order valence-electron chi connectivity index (χ2n) is 18.7. The number of hydrogen-bond donors (Lipinski definition) is 0. The van der Waals surface area contributed by atoms with Crippen LogP contribution in [0.2, 0.25) is 0 Å². The molecule has 0 aliphatic heterocycles. The number of para-hydroxylation sites is 2. The standard InChI is InChI=1S/C69H45NO/c1-4-19-46(20-5-1)47-35-37-49(38-36-47)66-59-29-12-10-25-55(59)56-26-11-13-30-60(56)67(66)70(52-41-39-48(40-42-52)54-31-18-32-61-58-28-15-17-34-65(58)71-68(54)61)53-43-44-64-62(45-53)57-27-14-16-33-63(57)69(64,50-21-6-2-7-22-50)51-23-8-3-9-24-51/h1-45H. The summed E-state index contributed by atoms with van der Waals surface area (Å²) in [6.07, 6.45) is 0. The number of hydrogen-bond acceptors (Lipinski definition) is 2. The SMILES string of the molecule is c1ccc(-c2ccc(-c3c(N(c4ccc(-c5cccc6c5oc5ccccc56)cc4)c4ccc5c(c4)-c4ccccc4C5(c4ccccc4)c4ccccc4)c4ccccc4c4ccccc34)cc2)cc1. The zero-order chi connectivity index (χ0) is 46.9. The average Bonchev–Trinajstić information content (AvgIpc) is 3.99. The van der Waals surface area contributed by atoms with Gasteiger partial charge in [-0.1, -0.05) is 243 Å². The van der Waals surface area contributed by atoms with Crippen molar-refractivity contribution in [3.05, 3.63) is 295 Å². The molecule has 1 aliphatic carbocycles. The number of rotatable bonds is 8. The first-order chi connectivity index (χ1) is 35.2. The quantitative estimate of drug-likeness (QED) is 0.141. The van der Waals surface area contributed by atoms with Gasteiger partial charge in [0.2, 0.25) is 0 Å². The molecule has 332 valence electrons. The molecular formula is C69H45NO. The Hall–Kier alpha value is -9.24. The molecule has 14 rings (SSSR count). The van der Waals surface area contributed by atoms with Gasteiger partial charge in [0, 0.05) is 38.7 Å². The Bertz CT molecular complexity index is 4100. The van der Waals surface area contributed by atoms with Crippen molar-refractivity contribution in [2.45, 2.75) is 5.41 Å². The first-order valence-electron chi connectivity index (χ1n) is 24.5. The molecule has 0 spiro atoms. The highest BCUT2D eigenvalue weighted by Gasteiger charge is 2.46. The van der Waals surface area contributed by atoms with Crippen LogP contribution in [0.4, 0.5) is 17.1 Å². The minimum Gasteiger partial charge on any atom is -0.455 e. The van der Waals surface area contributed by atoms with E-state index in [0.29, 0.717) is 0 Å². The molecule has 0 atom stereocenters. The molecule has 0 N–H and O–H groups in total. The third kappa shape index (κ3) is 6.35. The van der Waals surface area contributed by atoms with E-state index in [-0.39, 0.29) is 0 Å². The fourth-order valence-corrected chi connectivity index (χ4v) is 11.9. The second kappa shape index (κ2) is 16.5. The van der Waals surface area contributed by atoms with Gasteiger partial charge in [0.15, 0.2) is 0 Å². The summed E-state index contributed by atoms with van der Waals surface area (Å²) in [7, 11) is 0. The summed E-state index contributed by atoms with van der Waals surface area (Å²) in [5.74, 6) is 0. The maximum absolute atomic E-state index is 6.59. The van der Waals surface area contributed by atoms with Crippen molar-refractivity contribution in [2.75, 3.05) is 4.90 Å². The first-order valence-corrected chi connectivity index (χ1v) is 24.5. The lowest BCUT2D eigenvalue weighted by Gasteiger charge is -2.34. The maximum atomic E-state index is 6.59. The predicted octanol–water partition coefficient (Wildman–Crippen LogP) is 18.7. The molecule has 0 unspecified atom stereocenters. The van der Waals surface area contributed by atoms with Crippen molar-refractivity contribution < 1.29 is 4.42 Å². The Labute approximate surface area is 413 Å². The third-order valence-electron chi connectivity index (χ3n) is 15.0. The van der Waals surface area contributed by atoms with E-state index in [0.717, 1.165) is 55.7 Å². The summed E-state index contributed by atoms with van der Waals surface area (Å²) in [5.41, 5.74) is 18.9. The van der Waals surface area contributed by atoms with Gasteiger partial charge in [0.1, 0.15) is 11.2 Å². The van der Waals surface area contributed by atoms with Crippen molar-refractivity contribution in [3.63, 3.8) is 0 Å². The van der Waals surface area contributed by atoms with Crippen LogP contribution in [0.3, 0.4) is 0 Å². The van der Waals surface area contributed by atoms with Crippen LogP contribution < -0.4 is 4.90 Å². The van der Waals surface area contributed by atoms with Gasteiger partial charge in [-0.05, 0) is 102 Å². The minimum absolute atomic E-state index is 0.515. The predicted molar refractivity (Wildman–Crippen MR) is 297 cm³/mol. The maximum Gasteiger partial charge on any atom is 0.143 e. The summed E-state index contributed by atoms with van der Waals surface area (Å²) in [6.45, 7) is 0. The molecule has 0 radical (unpaired) electrons. The van der Waals surface area contributed by atoms with E-state index in [1.54, 1.807) is 0 Å². The van der Waals surface area contributed by atoms with Gasteiger partial charge >= 0.3 is 0 Å². The normalized spacial score (nSPS) is 12.6. The molecule has 2 nitrogen and oxygen atoms in total. The van der Waals surface area contributed by atoms with Gasteiger partial charge in [-0.15, -0.1) is 0 Å². The number of anilines is 3. The first kappa shape index (κ1) is 40.8. The summed E-state index contributed by atoms with van der Waals surface area (Å²) < 4.78 is 6.59. The van der Waals surface area contributed by atoms with Gasteiger partial charge in [0.25, 0.3) is 0 Å². The lowest BCUT2D eigenvalue weighted by molar-refractivity contribution is 0.670. The Balaban J connectivity index is 1.05. The molecule has 12 aromatic carbocycles. The average molecular weight is 904 g/mol. The van der Waals surface area contributed by atoms with Crippen LogP contribution in [-0.2, 0) is 5.41 Å². The molecular weight excluding hydrogens is 859 g/mol. The van der Waals surface area contributed by atoms with Crippen LogP contribution in [0.15, 0.2) is 277 Å². The van der Waals surface area contributed by atoms with Crippen LogP contribution >= 0.6 is 0 Å². The summed E-state index contributed by atoms with van der Waals surface area (Å²) >= 11 is 0. The highest BCUT2D eigenvalue weighted by Crippen LogP contribution is 2.58. The number of benzene rings is 12. The monoisotopic (exact) mass is 903 g/mol. The van der Waals surface area contributed by atoms with E-state index < -0.39 is 5.41 Å². The van der Waals surface area contributed by atoms with Gasteiger partial charge in [0.05, 0.1) is 11.1 Å². The van der Waals surface area contributed by atoms with Crippen LogP contribution in [0.25, 0.3) is 88.0 Å². The highest BCUT2D eigenvalue weighted by molar-refractivity contribution is 6.22. The molecule has 1 aromatic heterocycles. The van der Waals surface area contributed by atoms with Gasteiger partial charge in [-0.3, -0.25) is 0 Å². The smallest absolute Gasteiger partial charge is 0.143 e. The molecule has 1 aliphatic rings. The molecule has 71 heavy (non-hydrogen) atoms. The Morgan fingerprint density at radius 2 is 0.789 bits per heavy atom. The van der Waals surface area contributed by atoms with E-state index in [1.165, 1.54) is 71.6 Å². The molecule has 0 saturated carbocycles. The van der Waals surface area contributed by atoms with Crippen molar-refractivity contribution in [3.8, 4) is 44.5 Å². The van der Waals surface area contributed by atoms with Crippen molar-refractivity contribution in [1.82, 2.24) is 0 Å². The summed E-state index contributed by atoms with van der Waals surface area (Å²) in [4.78, 5) is 2.52. The van der Waals surface area contributed by atoms with Crippen LogP contribution in [0.5, 0.6) is 0 Å². The Kier molecular flexibility index (Phi) is 9.47. The van der Waals surface area contributed by atoms with Crippen molar-refractivity contribution >= 4 is 60.5 Å². The third-order valence-corrected chi connectivity index (χ3v) is 15.0. The molecule has 2 heteroatoms. The van der Waals surface area contributed by atoms with E-state index in [1.807, 2.05) is 6.07 Å². The number of furan rings is 1. The topological polar surface area (TPSA) is 16.4 Å². The van der Waals surface area contributed by atoms with Crippen LogP contribution in [-0.4, -0.2) is 0 Å². The van der Waals surface area contributed by atoms with E-state index in [4.69, 9.17) is 4.42 Å².